The second-order valence-corrected chi connectivity index (χ2v) is 3.56. The molecule has 0 saturated carbocycles. The fourth-order valence-corrected chi connectivity index (χ4v) is 1.80. The summed E-state index contributed by atoms with van der Waals surface area (Å²) in [6, 6.07) is 6.95. The van der Waals surface area contributed by atoms with Gasteiger partial charge in [-0.1, -0.05) is 38.4 Å². The highest BCUT2D eigenvalue weighted by atomic mass is 14.0. The first kappa shape index (κ1) is 10.4. The van der Waals surface area contributed by atoms with Crippen LogP contribution in [0.15, 0.2) is 18.2 Å². The van der Waals surface area contributed by atoms with Gasteiger partial charge in [0.15, 0.2) is 0 Å². The van der Waals surface area contributed by atoms with Crippen molar-refractivity contribution in [1.29, 1.82) is 0 Å². The molecule has 0 fully saturated rings. The summed E-state index contributed by atoms with van der Waals surface area (Å²) in [5.41, 5.74) is 4.55. The van der Waals surface area contributed by atoms with Crippen molar-refractivity contribution in [2.45, 2.75) is 39.4 Å². The zero-order chi connectivity index (χ0) is 9.68. The van der Waals surface area contributed by atoms with Gasteiger partial charge in [0.05, 0.1) is 0 Å². The van der Waals surface area contributed by atoms with Gasteiger partial charge >= 0.3 is 0 Å². The third-order valence-corrected chi connectivity index (χ3v) is 2.57. The standard InChI is InChI=1S/C12H19B/c1-3-11-6-5-10(7-8-13)9-12(11)4-2/h5-6,9H,3-4,7-8,13H2,1-2H3. The van der Waals surface area contributed by atoms with E-state index in [0.717, 1.165) is 6.42 Å². The zero-order valence-corrected chi connectivity index (χ0v) is 9.06. The second-order valence-electron chi connectivity index (χ2n) is 3.56. The van der Waals surface area contributed by atoms with Crippen LogP contribution < -0.4 is 0 Å². The monoisotopic (exact) mass is 174 g/mol. The Balaban J connectivity index is 2.91. The van der Waals surface area contributed by atoms with Crippen LogP contribution in [0.1, 0.15) is 30.5 Å². The Morgan fingerprint density at radius 2 is 1.77 bits per heavy atom. The first-order valence-corrected chi connectivity index (χ1v) is 5.42. The molecule has 0 saturated heterocycles. The van der Waals surface area contributed by atoms with Crippen molar-refractivity contribution in [1.82, 2.24) is 0 Å². The van der Waals surface area contributed by atoms with Gasteiger partial charge in [-0.2, -0.15) is 0 Å². The number of benzene rings is 1. The van der Waals surface area contributed by atoms with Crippen LogP contribution in [-0.4, -0.2) is 7.85 Å². The summed E-state index contributed by atoms with van der Waals surface area (Å²) in [6.07, 6.45) is 4.79. The molecule has 0 aliphatic carbocycles. The van der Waals surface area contributed by atoms with Gasteiger partial charge in [0.2, 0.25) is 0 Å². The van der Waals surface area contributed by atoms with E-state index in [1.165, 1.54) is 35.9 Å². The molecule has 1 aromatic carbocycles. The van der Waals surface area contributed by atoms with E-state index in [4.69, 9.17) is 0 Å². The smallest absolute Gasteiger partial charge is 0.0771 e. The predicted octanol–water partition coefficient (Wildman–Crippen LogP) is 2.41. The second kappa shape index (κ2) is 5.11. The van der Waals surface area contributed by atoms with Gasteiger partial charge in [-0.05, 0) is 36.0 Å². The average molecular weight is 174 g/mol. The van der Waals surface area contributed by atoms with Crippen molar-refractivity contribution in [2.75, 3.05) is 0 Å². The molecule has 0 aliphatic heterocycles. The molecule has 0 heterocycles. The highest BCUT2D eigenvalue weighted by Gasteiger charge is 1.99. The lowest BCUT2D eigenvalue weighted by molar-refractivity contribution is 1.01. The predicted molar refractivity (Wildman–Crippen MR) is 62.3 cm³/mol. The van der Waals surface area contributed by atoms with Crippen molar-refractivity contribution in [3.8, 4) is 0 Å². The normalized spacial score (nSPS) is 10.3. The Hall–Kier alpha value is -0.715. The molecule has 0 atom stereocenters. The third kappa shape index (κ3) is 2.62. The van der Waals surface area contributed by atoms with E-state index in [1.807, 2.05) is 0 Å². The van der Waals surface area contributed by atoms with Gasteiger partial charge in [0.1, 0.15) is 7.85 Å². The molecule has 0 aromatic heterocycles. The summed E-state index contributed by atoms with van der Waals surface area (Å²) in [5, 5.41) is 0. The molecule has 0 spiro atoms. The molecule has 0 aliphatic rings. The molecule has 0 radical (unpaired) electrons. The number of aryl methyl sites for hydroxylation is 3. The molecule has 0 amide bonds. The van der Waals surface area contributed by atoms with Crippen molar-refractivity contribution in [3.05, 3.63) is 34.9 Å². The minimum Gasteiger partial charge on any atom is -0.0771 e. The first-order valence-electron chi connectivity index (χ1n) is 5.42. The minimum atomic E-state index is 1.16. The van der Waals surface area contributed by atoms with E-state index in [0.29, 0.717) is 0 Å². The molecular weight excluding hydrogens is 155 g/mol. The van der Waals surface area contributed by atoms with Crippen molar-refractivity contribution < 1.29 is 0 Å². The largest absolute Gasteiger partial charge is 0.101 e. The van der Waals surface area contributed by atoms with Crippen molar-refractivity contribution in [3.63, 3.8) is 0 Å². The van der Waals surface area contributed by atoms with Crippen molar-refractivity contribution in [2.24, 2.45) is 0 Å². The molecule has 70 valence electrons. The van der Waals surface area contributed by atoms with Gasteiger partial charge in [-0.3, -0.25) is 0 Å². The Bertz CT molecular complexity index is 266. The van der Waals surface area contributed by atoms with E-state index in [-0.39, 0.29) is 0 Å². The maximum Gasteiger partial charge on any atom is 0.101 e. The van der Waals surface area contributed by atoms with Crippen LogP contribution in [0, 0.1) is 0 Å². The van der Waals surface area contributed by atoms with Gasteiger partial charge in [0, 0.05) is 0 Å². The molecule has 1 aromatic rings. The van der Waals surface area contributed by atoms with Crippen LogP contribution in [0.3, 0.4) is 0 Å². The van der Waals surface area contributed by atoms with Crippen LogP contribution in [0.2, 0.25) is 6.32 Å². The maximum atomic E-state index is 2.38. The van der Waals surface area contributed by atoms with E-state index in [1.54, 1.807) is 0 Å². The topological polar surface area (TPSA) is 0 Å². The van der Waals surface area contributed by atoms with Gasteiger partial charge < -0.3 is 0 Å². The first-order chi connectivity index (χ1) is 6.31. The molecule has 0 N–H and O–H groups in total. The lowest BCUT2D eigenvalue weighted by Crippen LogP contribution is -1.93. The summed E-state index contributed by atoms with van der Waals surface area (Å²) in [4.78, 5) is 0. The van der Waals surface area contributed by atoms with Crippen LogP contribution in [0.25, 0.3) is 0 Å². The van der Waals surface area contributed by atoms with Gasteiger partial charge in [-0.25, -0.2) is 0 Å². The molecule has 13 heavy (non-hydrogen) atoms. The van der Waals surface area contributed by atoms with Crippen LogP contribution in [0.4, 0.5) is 0 Å². The average Bonchev–Trinajstić information content (AvgIpc) is 2.18. The lowest BCUT2D eigenvalue weighted by atomic mass is 9.93. The number of hydrogen-bond acceptors (Lipinski definition) is 0. The zero-order valence-electron chi connectivity index (χ0n) is 9.06. The van der Waals surface area contributed by atoms with Gasteiger partial charge in [0.25, 0.3) is 0 Å². The molecular formula is C12H19B. The van der Waals surface area contributed by atoms with E-state index < -0.39 is 0 Å². The fourth-order valence-electron chi connectivity index (χ4n) is 1.80. The third-order valence-electron chi connectivity index (χ3n) is 2.57. The maximum absolute atomic E-state index is 2.38. The summed E-state index contributed by atoms with van der Waals surface area (Å²) < 4.78 is 0. The SMILES string of the molecule is BCCc1ccc(CC)c(CC)c1. The Kier molecular flexibility index (Phi) is 4.07. The molecule has 1 heteroatoms. The molecule has 1 rings (SSSR count). The molecule has 0 nitrogen and oxygen atoms in total. The summed E-state index contributed by atoms with van der Waals surface area (Å²) >= 11 is 0. The van der Waals surface area contributed by atoms with E-state index in [9.17, 15) is 0 Å². The Labute approximate surface area is 82.8 Å². The summed E-state index contributed by atoms with van der Waals surface area (Å²) in [7, 11) is 2.24. The van der Waals surface area contributed by atoms with Crippen molar-refractivity contribution >= 4 is 7.85 Å². The molecule has 0 bridgehead atoms. The summed E-state index contributed by atoms with van der Waals surface area (Å²) in [5.74, 6) is 0. The minimum absolute atomic E-state index is 1.16. The van der Waals surface area contributed by atoms with Crippen LogP contribution in [-0.2, 0) is 19.3 Å². The van der Waals surface area contributed by atoms with Gasteiger partial charge in [-0.15, -0.1) is 0 Å². The highest BCUT2D eigenvalue weighted by Crippen LogP contribution is 2.14. The molecule has 0 unspecified atom stereocenters. The number of rotatable bonds is 4. The fraction of sp³-hybridized carbons (Fsp3) is 0.500. The van der Waals surface area contributed by atoms with E-state index in [2.05, 4.69) is 39.9 Å². The van der Waals surface area contributed by atoms with Crippen LogP contribution >= 0.6 is 0 Å². The Morgan fingerprint density at radius 1 is 1.08 bits per heavy atom. The lowest BCUT2D eigenvalue weighted by Gasteiger charge is -2.07. The Morgan fingerprint density at radius 3 is 2.31 bits per heavy atom. The van der Waals surface area contributed by atoms with E-state index >= 15 is 0 Å². The van der Waals surface area contributed by atoms with Crippen LogP contribution in [0.5, 0.6) is 0 Å². The highest BCUT2D eigenvalue weighted by molar-refractivity contribution is 6.08. The summed E-state index contributed by atoms with van der Waals surface area (Å²) in [6.45, 7) is 4.47. The quantitative estimate of drug-likeness (QED) is 0.615. The number of hydrogen-bond donors (Lipinski definition) is 0.